The van der Waals surface area contributed by atoms with E-state index in [0.717, 1.165) is 27.0 Å². The molecule has 0 aliphatic heterocycles. The maximum absolute atomic E-state index is 6.40. The van der Waals surface area contributed by atoms with Crippen molar-refractivity contribution in [1.29, 1.82) is 0 Å². The zero-order valence-electron chi connectivity index (χ0n) is 11.9. The highest BCUT2D eigenvalue weighted by molar-refractivity contribution is 7.98. The summed E-state index contributed by atoms with van der Waals surface area (Å²) in [7, 11) is 0. The second-order valence-corrected chi connectivity index (χ2v) is 6.75. The van der Waals surface area contributed by atoms with Crippen molar-refractivity contribution in [3.63, 3.8) is 0 Å². The Kier molecular flexibility index (Phi) is 4.77. The maximum atomic E-state index is 6.40. The fourth-order valence-electron chi connectivity index (χ4n) is 2.32. The number of hydrogen-bond donors (Lipinski definition) is 0. The SMILES string of the molecule is C=Cc1ccc(CSc2c(Cl)cc(Cl)c3ccccc23)cc1. The summed E-state index contributed by atoms with van der Waals surface area (Å²) in [6.07, 6.45) is 1.85. The Bertz CT molecular complexity index is 823. The summed E-state index contributed by atoms with van der Waals surface area (Å²) in [4.78, 5) is 1.08. The summed E-state index contributed by atoms with van der Waals surface area (Å²) >= 11 is 14.4. The Morgan fingerprint density at radius 2 is 1.59 bits per heavy atom. The first kappa shape index (κ1) is 15.5. The van der Waals surface area contributed by atoms with E-state index in [1.807, 2.05) is 30.3 Å². The highest BCUT2D eigenvalue weighted by Gasteiger charge is 2.10. The third-order valence-corrected chi connectivity index (χ3v) is 5.43. The number of fused-ring (bicyclic) bond motifs is 1. The summed E-state index contributed by atoms with van der Waals surface area (Å²) in [5.41, 5.74) is 2.38. The number of rotatable bonds is 4. The molecular weight excluding hydrogens is 331 g/mol. The second kappa shape index (κ2) is 6.78. The van der Waals surface area contributed by atoms with Crippen molar-refractivity contribution in [1.82, 2.24) is 0 Å². The average Bonchev–Trinajstić information content (AvgIpc) is 2.55. The zero-order valence-corrected chi connectivity index (χ0v) is 14.2. The van der Waals surface area contributed by atoms with Crippen LogP contribution in [0.4, 0.5) is 0 Å². The van der Waals surface area contributed by atoms with Gasteiger partial charge in [-0.1, -0.05) is 84.4 Å². The third-order valence-electron chi connectivity index (χ3n) is 3.50. The van der Waals surface area contributed by atoms with E-state index in [4.69, 9.17) is 23.2 Å². The van der Waals surface area contributed by atoms with E-state index in [1.165, 1.54) is 5.56 Å². The van der Waals surface area contributed by atoms with Gasteiger partial charge in [0.2, 0.25) is 0 Å². The van der Waals surface area contributed by atoms with Crippen LogP contribution in [0, 0.1) is 0 Å². The average molecular weight is 345 g/mol. The first-order chi connectivity index (χ1) is 10.7. The van der Waals surface area contributed by atoms with Crippen LogP contribution < -0.4 is 0 Å². The first-order valence-corrected chi connectivity index (χ1v) is 8.64. The summed E-state index contributed by atoms with van der Waals surface area (Å²) < 4.78 is 0. The number of hydrogen-bond acceptors (Lipinski definition) is 1. The third kappa shape index (κ3) is 3.17. The van der Waals surface area contributed by atoms with Gasteiger partial charge in [-0.05, 0) is 22.6 Å². The van der Waals surface area contributed by atoms with E-state index in [2.05, 4.69) is 36.9 Å². The van der Waals surface area contributed by atoms with E-state index in [9.17, 15) is 0 Å². The molecule has 0 aromatic heterocycles. The molecule has 0 fully saturated rings. The molecule has 22 heavy (non-hydrogen) atoms. The Balaban J connectivity index is 1.91. The van der Waals surface area contributed by atoms with Gasteiger partial charge >= 0.3 is 0 Å². The Labute approximate surface area is 144 Å². The molecule has 0 unspecified atom stereocenters. The quantitative estimate of drug-likeness (QED) is 0.455. The van der Waals surface area contributed by atoms with Gasteiger partial charge in [-0.2, -0.15) is 0 Å². The predicted molar refractivity (Wildman–Crippen MR) is 100 cm³/mol. The van der Waals surface area contributed by atoms with Crippen LogP contribution in [0.5, 0.6) is 0 Å². The van der Waals surface area contributed by atoms with Crippen LogP contribution in [0.25, 0.3) is 16.8 Å². The highest BCUT2D eigenvalue weighted by Crippen LogP contribution is 2.39. The zero-order chi connectivity index (χ0) is 15.5. The molecular formula is C19H14Cl2S. The van der Waals surface area contributed by atoms with Gasteiger partial charge in [0, 0.05) is 21.1 Å². The lowest BCUT2D eigenvalue weighted by Gasteiger charge is -2.10. The molecule has 0 saturated heterocycles. The lowest BCUT2D eigenvalue weighted by molar-refractivity contribution is 1.39. The van der Waals surface area contributed by atoms with Gasteiger partial charge in [-0.15, -0.1) is 11.8 Å². The molecule has 0 bridgehead atoms. The van der Waals surface area contributed by atoms with Crippen molar-refractivity contribution >= 4 is 51.8 Å². The molecule has 0 nitrogen and oxygen atoms in total. The van der Waals surface area contributed by atoms with Gasteiger partial charge in [0.15, 0.2) is 0 Å². The van der Waals surface area contributed by atoms with E-state index in [1.54, 1.807) is 11.8 Å². The largest absolute Gasteiger partial charge is 0.119 e. The van der Waals surface area contributed by atoms with E-state index in [0.29, 0.717) is 10.0 Å². The van der Waals surface area contributed by atoms with Gasteiger partial charge in [0.25, 0.3) is 0 Å². The molecule has 0 amide bonds. The van der Waals surface area contributed by atoms with Crippen molar-refractivity contribution in [2.24, 2.45) is 0 Å². The number of thioether (sulfide) groups is 1. The fraction of sp³-hybridized carbons (Fsp3) is 0.0526. The molecule has 0 saturated carbocycles. The van der Waals surface area contributed by atoms with Gasteiger partial charge in [-0.25, -0.2) is 0 Å². The molecule has 3 rings (SSSR count). The molecule has 3 heteroatoms. The Hall–Kier alpha value is -1.41. The number of halogens is 2. The molecule has 0 aliphatic carbocycles. The Morgan fingerprint density at radius 1 is 0.909 bits per heavy atom. The topological polar surface area (TPSA) is 0 Å². The molecule has 0 atom stereocenters. The molecule has 3 aromatic rings. The van der Waals surface area contributed by atoms with Crippen LogP contribution in [0.3, 0.4) is 0 Å². The summed E-state index contributed by atoms with van der Waals surface area (Å²) in [6.45, 7) is 3.77. The predicted octanol–water partition coefficient (Wildman–Crippen LogP) is 7.08. The van der Waals surface area contributed by atoms with Crippen LogP contribution in [0.1, 0.15) is 11.1 Å². The Morgan fingerprint density at radius 3 is 2.27 bits per heavy atom. The van der Waals surface area contributed by atoms with Crippen LogP contribution >= 0.6 is 35.0 Å². The minimum Gasteiger partial charge on any atom is -0.119 e. The molecule has 0 spiro atoms. The smallest absolute Gasteiger partial charge is 0.0563 e. The standard InChI is InChI=1S/C19H14Cl2S/c1-2-13-7-9-14(10-8-13)12-22-19-16-6-4-3-5-15(16)17(20)11-18(19)21/h2-11H,1,12H2. The van der Waals surface area contributed by atoms with Gasteiger partial charge in [-0.3, -0.25) is 0 Å². The van der Waals surface area contributed by atoms with E-state index >= 15 is 0 Å². The summed E-state index contributed by atoms with van der Waals surface area (Å²) in [5.74, 6) is 0.864. The van der Waals surface area contributed by atoms with Crippen LogP contribution in [0.15, 0.2) is 66.1 Å². The molecule has 0 radical (unpaired) electrons. The molecule has 0 heterocycles. The van der Waals surface area contributed by atoms with E-state index in [-0.39, 0.29) is 0 Å². The minimum absolute atomic E-state index is 0.695. The van der Waals surface area contributed by atoms with Crippen LogP contribution in [-0.2, 0) is 5.75 Å². The van der Waals surface area contributed by atoms with Crippen LogP contribution in [-0.4, -0.2) is 0 Å². The summed E-state index contributed by atoms with van der Waals surface area (Å²) in [5, 5.41) is 3.54. The van der Waals surface area contributed by atoms with Crippen molar-refractivity contribution in [3.8, 4) is 0 Å². The lowest BCUT2D eigenvalue weighted by Crippen LogP contribution is -1.85. The molecule has 110 valence electrons. The highest BCUT2D eigenvalue weighted by atomic mass is 35.5. The lowest BCUT2D eigenvalue weighted by atomic mass is 10.1. The van der Waals surface area contributed by atoms with Gasteiger partial charge in [0.1, 0.15) is 0 Å². The molecule has 0 N–H and O–H groups in total. The van der Waals surface area contributed by atoms with Crippen molar-refractivity contribution in [2.75, 3.05) is 0 Å². The monoisotopic (exact) mass is 344 g/mol. The minimum atomic E-state index is 0.695. The summed E-state index contributed by atoms with van der Waals surface area (Å²) in [6, 6.07) is 18.3. The van der Waals surface area contributed by atoms with Crippen molar-refractivity contribution in [2.45, 2.75) is 10.6 Å². The maximum Gasteiger partial charge on any atom is 0.0563 e. The second-order valence-electron chi connectivity index (χ2n) is 4.95. The fourth-order valence-corrected chi connectivity index (χ4v) is 4.06. The van der Waals surface area contributed by atoms with Crippen LogP contribution in [0.2, 0.25) is 10.0 Å². The van der Waals surface area contributed by atoms with Gasteiger partial charge in [0.05, 0.1) is 5.02 Å². The normalized spacial score (nSPS) is 10.8. The molecule has 0 aliphatic rings. The van der Waals surface area contributed by atoms with Gasteiger partial charge < -0.3 is 0 Å². The first-order valence-electron chi connectivity index (χ1n) is 6.90. The number of benzene rings is 3. The molecule has 3 aromatic carbocycles. The van der Waals surface area contributed by atoms with E-state index < -0.39 is 0 Å². The van der Waals surface area contributed by atoms with Crippen molar-refractivity contribution < 1.29 is 0 Å². The van der Waals surface area contributed by atoms with Crippen molar-refractivity contribution in [3.05, 3.63) is 82.3 Å².